The molecule has 0 aliphatic rings. The lowest BCUT2D eigenvalue weighted by atomic mass is 10.1. The van der Waals surface area contributed by atoms with Gasteiger partial charge in [0.1, 0.15) is 5.75 Å². The van der Waals surface area contributed by atoms with Crippen LogP contribution < -0.4 is 9.64 Å². The van der Waals surface area contributed by atoms with Gasteiger partial charge in [0, 0.05) is 18.1 Å². The molecule has 0 saturated carbocycles. The quantitative estimate of drug-likeness (QED) is 0.579. The molecule has 0 N–H and O–H groups in total. The summed E-state index contributed by atoms with van der Waals surface area (Å²) in [6.07, 6.45) is 0. The Bertz CT molecular complexity index is 897. The van der Waals surface area contributed by atoms with Crippen LogP contribution in [0.4, 0.5) is 5.13 Å². The molecular formula is C19H21Cl2N3O2S. The fourth-order valence-corrected chi connectivity index (χ4v) is 3.71. The molecule has 5 nitrogen and oxygen atoms in total. The summed E-state index contributed by atoms with van der Waals surface area (Å²) in [5.41, 5.74) is 1.31. The minimum absolute atomic E-state index is 0. The van der Waals surface area contributed by atoms with Crippen LogP contribution in [0.15, 0.2) is 42.5 Å². The maximum atomic E-state index is 13.3. The highest BCUT2D eigenvalue weighted by atomic mass is 35.5. The highest BCUT2D eigenvalue weighted by Gasteiger charge is 2.24. The molecule has 0 spiro atoms. The third-order valence-corrected chi connectivity index (χ3v) is 5.22. The van der Waals surface area contributed by atoms with Gasteiger partial charge >= 0.3 is 0 Å². The molecule has 3 aromatic rings. The molecule has 0 radical (unpaired) electrons. The van der Waals surface area contributed by atoms with Gasteiger partial charge in [-0.15, -0.1) is 12.4 Å². The summed E-state index contributed by atoms with van der Waals surface area (Å²) >= 11 is 7.61. The summed E-state index contributed by atoms with van der Waals surface area (Å²) in [7, 11) is 5.49. The largest absolute Gasteiger partial charge is 0.496 e. The minimum atomic E-state index is -0.176. The zero-order valence-corrected chi connectivity index (χ0v) is 17.7. The van der Waals surface area contributed by atoms with Gasteiger partial charge < -0.3 is 9.64 Å². The van der Waals surface area contributed by atoms with E-state index >= 15 is 0 Å². The van der Waals surface area contributed by atoms with Gasteiger partial charge in [-0.3, -0.25) is 9.69 Å². The minimum Gasteiger partial charge on any atom is -0.496 e. The van der Waals surface area contributed by atoms with Crippen LogP contribution in [0.2, 0.25) is 5.02 Å². The highest BCUT2D eigenvalue weighted by Crippen LogP contribution is 2.31. The molecule has 0 unspecified atom stereocenters. The van der Waals surface area contributed by atoms with E-state index in [1.807, 2.05) is 43.3 Å². The van der Waals surface area contributed by atoms with Gasteiger partial charge in [-0.05, 0) is 44.4 Å². The number of thiazole rings is 1. The number of aromatic nitrogens is 1. The van der Waals surface area contributed by atoms with E-state index in [2.05, 4.69) is 4.98 Å². The summed E-state index contributed by atoms with van der Waals surface area (Å²) in [6, 6.07) is 12.9. The van der Waals surface area contributed by atoms with Crippen LogP contribution in [0.25, 0.3) is 10.2 Å². The van der Waals surface area contributed by atoms with Crippen molar-refractivity contribution in [1.29, 1.82) is 0 Å². The van der Waals surface area contributed by atoms with Gasteiger partial charge in [-0.1, -0.05) is 35.1 Å². The molecule has 1 amide bonds. The Labute approximate surface area is 173 Å². The number of rotatable bonds is 6. The van der Waals surface area contributed by atoms with E-state index in [-0.39, 0.29) is 18.3 Å². The highest BCUT2D eigenvalue weighted by molar-refractivity contribution is 7.22. The summed E-state index contributed by atoms with van der Waals surface area (Å²) in [6.45, 7) is 1.23. The number of methoxy groups -OCH3 is 1. The van der Waals surface area contributed by atoms with E-state index in [4.69, 9.17) is 16.3 Å². The molecule has 144 valence electrons. The first kappa shape index (κ1) is 21.4. The van der Waals surface area contributed by atoms with Crippen LogP contribution in [-0.4, -0.2) is 50.1 Å². The lowest BCUT2D eigenvalue weighted by Crippen LogP contribution is -2.37. The number of hydrogen-bond donors (Lipinski definition) is 0. The number of fused-ring (bicyclic) bond motifs is 1. The number of nitrogens with zero attached hydrogens (tertiary/aromatic N) is 3. The first-order chi connectivity index (χ1) is 12.5. The van der Waals surface area contributed by atoms with E-state index in [1.54, 1.807) is 30.2 Å². The normalized spacial score (nSPS) is 10.7. The number of hydrogen-bond acceptors (Lipinski definition) is 5. The molecule has 2 aromatic carbocycles. The molecule has 0 aliphatic heterocycles. The summed E-state index contributed by atoms with van der Waals surface area (Å²) in [5, 5.41) is 1.16. The lowest BCUT2D eigenvalue weighted by molar-refractivity contribution is 0.0982. The number of anilines is 1. The lowest BCUT2D eigenvalue weighted by Gasteiger charge is -2.23. The van der Waals surface area contributed by atoms with Crippen LogP contribution in [0.5, 0.6) is 5.75 Å². The summed E-state index contributed by atoms with van der Waals surface area (Å²) in [5.74, 6) is 0.320. The zero-order valence-electron chi connectivity index (χ0n) is 15.3. The van der Waals surface area contributed by atoms with Crippen LogP contribution in [0.3, 0.4) is 0 Å². The molecule has 27 heavy (non-hydrogen) atoms. The van der Waals surface area contributed by atoms with Crippen LogP contribution in [-0.2, 0) is 0 Å². The van der Waals surface area contributed by atoms with Gasteiger partial charge in [0.15, 0.2) is 5.13 Å². The maximum absolute atomic E-state index is 13.3. The number of halogens is 2. The molecule has 0 aliphatic carbocycles. The van der Waals surface area contributed by atoms with E-state index < -0.39 is 0 Å². The van der Waals surface area contributed by atoms with Gasteiger partial charge in [0.05, 0.1) is 22.9 Å². The predicted molar refractivity (Wildman–Crippen MR) is 115 cm³/mol. The van der Waals surface area contributed by atoms with Crippen LogP contribution in [0, 0.1) is 0 Å². The number of para-hydroxylation sites is 1. The standard InChI is InChI=1S/C19H20ClN3O2S.ClH/c1-22(2)10-11-23(19-21-15-6-4-5-7-17(15)26-19)18(24)14-12-13(20)8-9-16(14)25-3;/h4-9,12H,10-11H2,1-3H3;1H. The smallest absolute Gasteiger partial charge is 0.263 e. The van der Waals surface area contributed by atoms with Crippen molar-refractivity contribution >= 4 is 56.6 Å². The van der Waals surface area contributed by atoms with Crippen LogP contribution >= 0.6 is 35.3 Å². The Balaban J connectivity index is 0.00000261. The Hall–Kier alpha value is -1.86. The van der Waals surface area contributed by atoms with Crippen molar-refractivity contribution in [3.63, 3.8) is 0 Å². The molecule has 0 atom stereocenters. The first-order valence-electron chi connectivity index (χ1n) is 8.15. The molecular weight excluding hydrogens is 405 g/mol. The molecule has 1 aromatic heterocycles. The first-order valence-corrected chi connectivity index (χ1v) is 9.34. The second kappa shape index (κ2) is 9.37. The van der Waals surface area contributed by atoms with E-state index in [9.17, 15) is 4.79 Å². The number of benzene rings is 2. The molecule has 3 rings (SSSR count). The third kappa shape index (κ3) is 4.90. The Morgan fingerprint density at radius 2 is 1.93 bits per heavy atom. The van der Waals surface area contributed by atoms with Crippen molar-refractivity contribution in [3.05, 3.63) is 53.1 Å². The number of carbonyl (C=O) groups excluding carboxylic acids is 1. The Morgan fingerprint density at radius 3 is 2.59 bits per heavy atom. The molecule has 0 saturated heterocycles. The predicted octanol–water partition coefficient (Wildman–Crippen LogP) is 4.59. The van der Waals surface area contributed by atoms with Crippen molar-refractivity contribution < 1.29 is 9.53 Å². The molecule has 0 bridgehead atoms. The van der Waals surface area contributed by atoms with Crippen molar-refractivity contribution in [2.75, 3.05) is 39.2 Å². The average Bonchev–Trinajstić information content (AvgIpc) is 3.05. The second-order valence-electron chi connectivity index (χ2n) is 6.07. The van der Waals surface area contributed by atoms with Crippen molar-refractivity contribution in [1.82, 2.24) is 9.88 Å². The molecule has 1 heterocycles. The van der Waals surface area contributed by atoms with Crippen molar-refractivity contribution in [3.8, 4) is 5.75 Å². The van der Waals surface area contributed by atoms with Gasteiger partial charge in [-0.25, -0.2) is 4.98 Å². The second-order valence-corrected chi connectivity index (χ2v) is 7.51. The number of carbonyl (C=O) groups is 1. The Morgan fingerprint density at radius 1 is 1.19 bits per heavy atom. The van der Waals surface area contributed by atoms with E-state index in [0.29, 0.717) is 34.6 Å². The number of likely N-dealkylation sites (N-methyl/N-ethyl adjacent to an activating group) is 1. The SMILES string of the molecule is COc1ccc(Cl)cc1C(=O)N(CCN(C)C)c1nc2ccccc2s1.Cl. The maximum Gasteiger partial charge on any atom is 0.263 e. The summed E-state index contributed by atoms with van der Waals surface area (Å²) < 4.78 is 6.40. The fourth-order valence-electron chi connectivity index (χ4n) is 2.55. The molecule has 8 heteroatoms. The molecule has 0 fully saturated rings. The number of amides is 1. The van der Waals surface area contributed by atoms with Crippen molar-refractivity contribution in [2.24, 2.45) is 0 Å². The van der Waals surface area contributed by atoms with Crippen LogP contribution in [0.1, 0.15) is 10.4 Å². The van der Waals surface area contributed by atoms with Crippen molar-refractivity contribution in [2.45, 2.75) is 0 Å². The monoisotopic (exact) mass is 425 g/mol. The van der Waals surface area contributed by atoms with Gasteiger partial charge in [0.25, 0.3) is 5.91 Å². The van der Waals surface area contributed by atoms with Gasteiger partial charge in [-0.2, -0.15) is 0 Å². The Kier molecular flexibility index (Phi) is 7.44. The average molecular weight is 426 g/mol. The van der Waals surface area contributed by atoms with E-state index in [0.717, 1.165) is 10.2 Å². The third-order valence-electron chi connectivity index (χ3n) is 3.92. The zero-order chi connectivity index (χ0) is 18.7. The number of ether oxygens (including phenoxy) is 1. The van der Waals surface area contributed by atoms with E-state index in [1.165, 1.54) is 11.3 Å². The van der Waals surface area contributed by atoms with Gasteiger partial charge in [0.2, 0.25) is 0 Å². The summed E-state index contributed by atoms with van der Waals surface area (Å²) in [4.78, 5) is 21.7. The topological polar surface area (TPSA) is 45.7 Å². The fraction of sp³-hybridized carbons (Fsp3) is 0.263.